The maximum atomic E-state index is 12.9. The molecule has 0 unspecified atom stereocenters. The summed E-state index contributed by atoms with van der Waals surface area (Å²) in [6.07, 6.45) is -3.42. The number of carbonyl (C=O) groups excluding carboxylic acids is 1. The second kappa shape index (κ2) is 10.3. The highest BCUT2D eigenvalue weighted by molar-refractivity contribution is 5.78. The van der Waals surface area contributed by atoms with Gasteiger partial charge in [-0.15, -0.1) is 0 Å². The average molecular weight is 494 g/mol. The van der Waals surface area contributed by atoms with Crippen LogP contribution in [0.4, 0.5) is 13.2 Å². The van der Waals surface area contributed by atoms with Gasteiger partial charge in [-0.25, -0.2) is 4.98 Å². The van der Waals surface area contributed by atoms with Gasteiger partial charge in [-0.2, -0.15) is 23.4 Å². The second-order valence-corrected chi connectivity index (χ2v) is 8.86. The van der Waals surface area contributed by atoms with Crippen LogP contribution in [0.1, 0.15) is 42.3 Å². The van der Waals surface area contributed by atoms with Crippen LogP contribution in [0.3, 0.4) is 0 Å². The molecule has 0 spiro atoms. The van der Waals surface area contributed by atoms with E-state index in [1.54, 1.807) is 24.3 Å². The summed E-state index contributed by atoms with van der Waals surface area (Å²) >= 11 is 0. The number of hydrogen-bond acceptors (Lipinski definition) is 4. The molecule has 4 aromatic rings. The molecule has 0 fully saturated rings. The zero-order chi connectivity index (χ0) is 25.9. The molecule has 0 aliphatic heterocycles. The van der Waals surface area contributed by atoms with E-state index in [0.717, 1.165) is 23.0 Å². The number of alkyl halides is 3. The number of nitrogens with one attached hydrogen (secondary N) is 1. The Morgan fingerprint density at radius 3 is 2.33 bits per heavy atom. The number of aryl methyl sites for hydroxylation is 1. The molecule has 0 radical (unpaired) electrons. The lowest BCUT2D eigenvalue weighted by molar-refractivity contribution is -0.140. The molecule has 186 valence electrons. The maximum absolute atomic E-state index is 12.9. The third-order valence-electron chi connectivity index (χ3n) is 5.79. The summed E-state index contributed by atoms with van der Waals surface area (Å²) in [7, 11) is 1.51. The minimum atomic E-state index is -4.50. The first-order chi connectivity index (χ1) is 17.1. The van der Waals surface area contributed by atoms with Gasteiger partial charge in [-0.05, 0) is 29.2 Å². The zero-order valence-electron chi connectivity index (χ0n) is 20.2. The highest BCUT2D eigenvalue weighted by Gasteiger charge is 2.34. The Labute approximate surface area is 207 Å². The molecule has 9 heteroatoms. The van der Waals surface area contributed by atoms with Gasteiger partial charge in [0.05, 0.1) is 24.4 Å². The van der Waals surface area contributed by atoms with Gasteiger partial charge in [0.15, 0.2) is 5.69 Å². The number of carbonyl (C=O) groups is 1. The number of hydrogen-bond donors (Lipinski definition) is 1. The summed E-state index contributed by atoms with van der Waals surface area (Å²) in [6, 6.07) is 18.6. The summed E-state index contributed by atoms with van der Waals surface area (Å²) in [5.41, 5.74) is 3.98. The topological polar surface area (TPSA) is 72.7 Å². The van der Waals surface area contributed by atoms with E-state index in [1.165, 1.54) is 17.2 Å². The summed E-state index contributed by atoms with van der Waals surface area (Å²) in [6.45, 7) is 4.50. The fraction of sp³-hybridized carbons (Fsp3) is 0.259. The zero-order valence-corrected chi connectivity index (χ0v) is 20.2. The van der Waals surface area contributed by atoms with E-state index in [-0.39, 0.29) is 24.7 Å². The molecule has 0 saturated carbocycles. The highest BCUT2D eigenvalue weighted by atomic mass is 19.4. The lowest BCUT2D eigenvalue weighted by Gasteiger charge is -2.12. The first-order valence-corrected chi connectivity index (χ1v) is 11.5. The normalized spacial score (nSPS) is 11.6. The number of amides is 1. The van der Waals surface area contributed by atoms with Crippen molar-refractivity contribution < 1.29 is 18.0 Å². The SMILES string of the molecule is CC(C)c1ccccc1-c1ccc(CNC(=O)Cc2ccc(-c3nc(C(F)(F)F)cn3C)cc2)nn1. The number of imidazole rings is 1. The fourth-order valence-electron chi connectivity index (χ4n) is 3.91. The summed E-state index contributed by atoms with van der Waals surface area (Å²) in [5.74, 6) is 0.364. The number of nitrogens with zero attached hydrogens (tertiary/aromatic N) is 4. The van der Waals surface area contributed by atoms with Crippen LogP contribution in [-0.4, -0.2) is 25.7 Å². The molecule has 0 aliphatic carbocycles. The van der Waals surface area contributed by atoms with Gasteiger partial charge in [-0.3, -0.25) is 4.79 Å². The van der Waals surface area contributed by atoms with Crippen molar-refractivity contribution in [3.8, 4) is 22.6 Å². The lowest BCUT2D eigenvalue weighted by atomic mass is 9.95. The third-order valence-corrected chi connectivity index (χ3v) is 5.79. The quantitative estimate of drug-likeness (QED) is 0.367. The molecule has 0 bridgehead atoms. The van der Waals surface area contributed by atoms with E-state index in [4.69, 9.17) is 0 Å². The van der Waals surface area contributed by atoms with Crippen LogP contribution in [-0.2, 0) is 31.0 Å². The van der Waals surface area contributed by atoms with Crippen molar-refractivity contribution in [2.75, 3.05) is 0 Å². The van der Waals surface area contributed by atoms with Crippen molar-refractivity contribution in [1.29, 1.82) is 0 Å². The molecular weight excluding hydrogens is 467 g/mol. The molecule has 4 rings (SSSR count). The predicted octanol–water partition coefficient (Wildman–Crippen LogP) is 5.55. The Balaban J connectivity index is 1.35. The van der Waals surface area contributed by atoms with Crippen LogP contribution in [0.25, 0.3) is 22.6 Å². The van der Waals surface area contributed by atoms with Crippen LogP contribution < -0.4 is 5.32 Å². The Hall–Kier alpha value is -4.01. The Kier molecular flexibility index (Phi) is 7.19. The first-order valence-electron chi connectivity index (χ1n) is 11.5. The second-order valence-electron chi connectivity index (χ2n) is 8.86. The molecule has 0 saturated heterocycles. The molecule has 1 amide bonds. The van der Waals surface area contributed by atoms with Gasteiger partial charge < -0.3 is 9.88 Å². The van der Waals surface area contributed by atoms with E-state index in [1.807, 2.05) is 30.3 Å². The summed E-state index contributed by atoms with van der Waals surface area (Å²) in [4.78, 5) is 16.1. The van der Waals surface area contributed by atoms with E-state index < -0.39 is 11.9 Å². The van der Waals surface area contributed by atoms with E-state index in [0.29, 0.717) is 17.2 Å². The van der Waals surface area contributed by atoms with Crippen LogP contribution >= 0.6 is 0 Å². The first kappa shape index (κ1) is 25.1. The number of halogens is 3. The summed E-state index contributed by atoms with van der Waals surface area (Å²) < 4.78 is 40.1. The molecule has 2 aromatic carbocycles. The van der Waals surface area contributed by atoms with Gasteiger partial charge in [0.2, 0.25) is 5.91 Å². The van der Waals surface area contributed by atoms with E-state index >= 15 is 0 Å². The van der Waals surface area contributed by atoms with E-state index in [9.17, 15) is 18.0 Å². The van der Waals surface area contributed by atoms with Gasteiger partial charge in [0.1, 0.15) is 5.82 Å². The molecule has 36 heavy (non-hydrogen) atoms. The molecule has 2 heterocycles. The molecule has 0 atom stereocenters. The van der Waals surface area contributed by atoms with Crippen molar-refractivity contribution in [3.05, 3.63) is 89.4 Å². The van der Waals surface area contributed by atoms with Crippen LogP contribution in [0.2, 0.25) is 0 Å². The minimum Gasteiger partial charge on any atom is -0.350 e. The Morgan fingerprint density at radius 1 is 1.00 bits per heavy atom. The van der Waals surface area contributed by atoms with E-state index in [2.05, 4.69) is 40.4 Å². The monoisotopic (exact) mass is 493 g/mol. The molecule has 0 aliphatic rings. The molecule has 6 nitrogen and oxygen atoms in total. The fourth-order valence-corrected chi connectivity index (χ4v) is 3.91. The summed E-state index contributed by atoms with van der Waals surface area (Å²) in [5, 5.41) is 11.4. The smallest absolute Gasteiger partial charge is 0.350 e. The van der Waals surface area contributed by atoms with Crippen LogP contribution in [0.5, 0.6) is 0 Å². The van der Waals surface area contributed by atoms with Crippen LogP contribution in [0, 0.1) is 0 Å². The predicted molar refractivity (Wildman–Crippen MR) is 131 cm³/mol. The van der Waals surface area contributed by atoms with Gasteiger partial charge in [-0.1, -0.05) is 62.4 Å². The van der Waals surface area contributed by atoms with Gasteiger partial charge >= 0.3 is 6.18 Å². The number of rotatable bonds is 7. The van der Waals surface area contributed by atoms with Gasteiger partial charge in [0.25, 0.3) is 0 Å². The largest absolute Gasteiger partial charge is 0.434 e. The standard InChI is InChI=1S/C27H26F3N5O/c1-17(2)21-6-4-5-7-22(21)23-13-12-20(33-34-23)15-31-25(36)14-18-8-10-19(11-9-18)26-32-24(16-35(26)3)27(28,29)30/h4-13,16-17H,14-15H2,1-3H3,(H,31,36). The third kappa shape index (κ3) is 5.79. The highest BCUT2D eigenvalue weighted by Crippen LogP contribution is 2.31. The van der Waals surface area contributed by atoms with Crippen molar-refractivity contribution in [3.63, 3.8) is 0 Å². The van der Waals surface area contributed by atoms with Crippen molar-refractivity contribution in [2.24, 2.45) is 7.05 Å². The molecule has 2 aromatic heterocycles. The van der Waals surface area contributed by atoms with Gasteiger partial charge in [0, 0.05) is 24.4 Å². The number of aromatic nitrogens is 4. The molecular formula is C27H26F3N5O. The maximum Gasteiger partial charge on any atom is 0.434 e. The van der Waals surface area contributed by atoms with Crippen molar-refractivity contribution in [2.45, 2.75) is 38.9 Å². The Bertz CT molecular complexity index is 1340. The van der Waals surface area contributed by atoms with Crippen molar-refractivity contribution in [1.82, 2.24) is 25.1 Å². The van der Waals surface area contributed by atoms with Crippen molar-refractivity contribution >= 4 is 5.91 Å². The lowest BCUT2D eigenvalue weighted by Crippen LogP contribution is -2.25. The number of benzene rings is 2. The van der Waals surface area contributed by atoms with Crippen LogP contribution in [0.15, 0.2) is 66.9 Å². The average Bonchev–Trinajstić information content (AvgIpc) is 3.26. The minimum absolute atomic E-state index is 0.127. The molecule has 1 N–H and O–H groups in total. The Morgan fingerprint density at radius 2 is 1.72 bits per heavy atom.